The zero-order chi connectivity index (χ0) is 18.1. The lowest BCUT2D eigenvalue weighted by atomic mass is 10.1. The molecular weight excluding hydrogens is 357 g/mol. The predicted molar refractivity (Wildman–Crippen MR) is 87.4 cm³/mol. The van der Waals surface area contributed by atoms with Crippen LogP contribution in [0.5, 0.6) is 0 Å². The minimum absolute atomic E-state index is 0.375. The van der Waals surface area contributed by atoms with Gasteiger partial charge in [0.25, 0.3) is 0 Å². The smallest absolute Gasteiger partial charge is 0.200 e. The number of aromatic nitrogens is 1. The SMILES string of the molecule is Cc1ccc(-c2csc(/C=C/c3c(F)c(F)c(F)c(F)c3F)n2)cc1. The molecule has 0 bridgehead atoms. The van der Waals surface area contributed by atoms with Gasteiger partial charge in [-0.1, -0.05) is 29.8 Å². The highest BCUT2D eigenvalue weighted by Crippen LogP contribution is 2.26. The van der Waals surface area contributed by atoms with E-state index in [0.717, 1.165) is 17.2 Å². The Morgan fingerprint density at radius 3 is 1.96 bits per heavy atom. The highest BCUT2D eigenvalue weighted by Gasteiger charge is 2.24. The van der Waals surface area contributed by atoms with Crippen LogP contribution in [0.15, 0.2) is 29.6 Å². The van der Waals surface area contributed by atoms with Crippen molar-refractivity contribution in [3.05, 3.63) is 74.9 Å². The van der Waals surface area contributed by atoms with E-state index < -0.39 is 34.6 Å². The number of rotatable bonds is 3. The van der Waals surface area contributed by atoms with Crippen molar-refractivity contribution < 1.29 is 22.0 Å². The second-order valence-corrected chi connectivity index (χ2v) is 6.14. The minimum Gasteiger partial charge on any atom is -0.237 e. The fourth-order valence-electron chi connectivity index (χ4n) is 2.14. The van der Waals surface area contributed by atoms with Gasteiger partial charge in [0.1, 0.15) is 5.01 Å². The summed E-state index contributed by atoms with van der Waals surface area (Å²) >= 11 is 1.19. The first-order valence-electron chi connectivity index (χ1n) is 7.10. The molecule has 0 saturated carbocycles. The molecule has 3 rings (SSSR count). The van der Waals surface area contributed by atoms with Crippen molar-refractivity contribution >= 4 is 23.5 Å². The fourth-order valence-corrected chi connectivity index (χ4v) is 2.86. The molecule has 1 aromatic heterocycles. The first kappa shape index (κ1) is 17.3. The number of aryl methyl sites for hydroxylation is 1. The number of hydrogen-bond donors (Lipinski definition) is 0. The number of benzene rings is 2. The van der Waals surface area contributed by atoms with Crippen LogP contribution in [0.4, 0.5) is 22.0 Å². The highest BCUT2D eigenvalue weighted by atomic mass is 32.1. The van der Waals surface area contributed by atoms with Crippen LogP contribution in [0.1, 0.15) is 16.1 Å². The van der Waals surface area contributed by atoms with Gasteiger partial charge in [0.05, 0.1) is 11.3 Å². The van der Waals surface area contributed by atoms with E-state index in [2.05, 4.69) is 4.98 Å². The molecule has 0 aliphatic heterocycles. The summed E-state index contributed by atoms with van der Waals surface area (Å²) in [7, 11) is 0. The summed E-state index contributed by atoms with van der Waals surface area (Å²) in [6.45, 7) is 1.95. The largest absolute Gasteiger partial charge is 0.237 e. The topological polar surface area (TPSA) is 12.9 Å². The average Bonchev–Trinajstić information content (AvgIpc) is 3.08. The molecular formula is C18H10F5NS. The van der Waals surface area contributed by atoms with Gasteiger partial charge in [-0.15, -0.1) is 11.3 Å². The molecule has 3 aromatic rings. The van der Waals surface area contributed by atoms with Crippen LogP contribution in [-0.2, 0) is 0 Å². The van der Waals surface area contributed by atoms with Gasteiger partial charge in [-0.3, -0.25) is 0 Å². The summed E-state index contributed by atoms with van der Waals surface area (Å²) in [5, 5.41) is 2.11. The molecule has 0 aliphatic rings. The Balaban J connectivity index is 1.93. The average molecular weight is 367 g/mol. The van der Waals surface area contributed by atoms with Crippen molar-refractivity contribution in [3.8, 4) is 11.3 Å². The molecule has 128 valence electrons. The van der Waals surface area contributed by atoms with Crippen molar-refractivity contribution in [3.63, 3.8) is 0 Å². The van der Waals surface area contributed by atoms with E-state index in [0.29, 0.717) is 10.7 Å². The monoisotopic (exact) mass is 367 g/mol. The zero-order valence-corrected chi connectivity index (χ0v) is 13.6. The normalized spacial score (nSPS) is 11.4. The van der Waals surface area contributed by atoms with E-state index in [9.17, 15) is 22.0 Å². The van der Waals surface area contributed by atoms with Crippen LogP contribution in [-0.4, -0.2) is 4.98 Å². The van der Waals surface area contributed by atoms with E-state index in [4.69, 9.17) is 0 Å². The summed E-state index contributed by atoms with van der Waals surface area (Å²) in [6, 6.07) is 7.59. The molecule has 7 heteroatoms. The minimum atomic E-state index is -2.18. The summed E-state index contributed by atoms with van der Waals surface area (Å²) in [5.74, 6) is -9.87. The van der Waals surface area contributed by atoms with Crippen LogP contribution < -0.4 is 0 Å². The third-order valence-corrected chi connectivity index (χ3v) is 4.32. The predicted octanol–water partition coefficient (Wildman–Crippen LogP) is 5.98. The summed E-state index contributed by atoms with van der Waals surface area (Å²) in [5.41, 5.74) is 1.61. The molecule has 1 nitrogen and oxygen atoms in total. The standard InChI is InChI=1S/C18H10F5NS/c1-9-2-4-10(5-3-9)12-8-25-13(24-12)7-6-11-14(19)16(21)18(23)17(22)15(11)20/h2-8H,1H3/b7-6+. The van der Waals surface area contributed by atoms with Crippen molar-refractivity contribution in [2.75, 3.05) is 0 Å². The number of hydrogen-bond acceptors (Lipinski definition) is 2. The van der Waals surface area contributed by atoms with Crippen LogP contribution in [0.3, 0.4) is 0 Å². The molecule has 0 saturated heterocycles. The van der Waals surface area contributed by atoms with Crippen LogP contribution in [0.2, 0.25) is 0 Å². The lowest BCUT2D eigenvalue weighted by Crippen LogP contribution is -2.03. The van der Waals surface area contributed by atoms with Gasteiger partial charge in [-0.25, -0.2) is 26.9 Å². The molecule has 0 radical (unpaired) electrons. The molecule has 1 heterocycles. The van der Waals surface area contributed by atoms with Gasteiger partial charge in [0.15, 0.2) is 23.3 Å². The van der Waals surface area contributed by atoms with Gasteiger partial charge in [0, 0.05) is 10.9 Å². The zero-order valence-electron chi connectivity index (χ0n) is 12.8. The molecule has 0 aliphatic carbocycles. The molecule has 0 N–H and O–H groups in total. The van der Waals surface area contributed by atoms with E-state index in [1.54, 1.807) is 5.38 Å². The second kappa shape index (κ2) is 6.76. The Morgan fingerprint density at radius 2 is 1.36 bits per heavy atom. The summed E-state index contributed by atoms with van der Waals surface area (Å²) in [4.78, 5) is 4.27. The molecule has 0 unspecified atom stereocenters. The van der Waals surface area contributed by atoms with Crippen LogP contribution in [0.25, 0.3) is 23.4 Å². The van der Waals surface area contributed by atoms with Gasteiger partial charge in [-0.05, 0) is 19.1 Å². The molecule has 0 spiro atoms. The van der Waals surface area contributed by atoms with Crippen molar-refractivity contribution in [1.29, 1.82) is 0 Å². The van der Waals surface area contributed by atoms with E-state index >= 15 is 0 Å². The van der Waals surface area contributed by atoms with E-state index in [1.807, 2.05) is 31.2 Å². The Bertz CT molecular complexity index is 931. The number of thiazole rings is 1. The van der Waals surface area contributed by atoms with Crippen molar-refractivity contribution in [1.82, 2.24) is 4.98 Å². The van der Waals surface area contributed by atoms with Crippen molar-refractivity contribution in [2.24, 2.45) is 0 Å². The van der Waals surface area contributed by atoms with Gasteiger partial charge in [-0.2, -0.15) is 0 Å². The number of halogens is 5. The molecule has 0 atom stereocenters. The maximum atomic E-state index is 13.6. The van der Waals surface area contributed by atoms with Crippen LogP contribution >= 0.6 is 11.3 Å². The van der Waals surface area contributed by atoms with E-state index in [1.165, 1.54) is 17.4 Å². The first-order chi connectivity index (χ1) is 11.9. The van der Waals surface area contributed by atoms with Gasteiger partial charge in [0.2, 0.25) is 5.82 Å². The number of nitrogens with zero attached hydrogens (tertiary/aromatic N) is 1. The Morgan fingerprint density at radius 1 is 0.800 bits per heavy atom. The first-order valence-corrected chi connectivity index (χ1v) is 7.98. The lowest BCUT2D eigenvalue weighted by Gasteiger charge is -2.03. The molecule has 0 fully saturated rings. The lowest BCUT2D eigenvalue weighted by molar-refractivity contribution is 0.377. The highest BCUT2D eigenvalue weighted by molar-refractivity contribution is 7.10. The quantitative estimate of drug-likeness (QED) is 0.315. The summed E-state index contributed by atoms with van der Waals surface area (Å²) < 4.78 is 66.6. The molecule has 0 amide bonds. The Kier molecular flexibility index (Phi) is 4.67. The molecule has 2 aromatic carbocycles. The van der Waals surface area contributed by atoms with Gasteiger partial charge < -0.3 is 0 Å². The van der Waals surface area contributed by atoms with Crippen LogP contribution in [0, 0.1) is 36.0 Å². The maximum Gasteiger partial charge on any atom is 0.200 e. The van der Waals surface area contributed by atoms with E-state index in [-0.39, 0.29) is 0 Å². The third kappa shape index (κ3) is 3.32. The second-order valence-electron chi connectivity index (χ2n) is 5.25. The maximum absolute atomic E-state index is 13.6. The Labute approximate surface area is 144 Å². The third-order valence-electron chi connectivity index (χ3n) is 3.51. The summed E-state index contributed by atoms with van der Waals surface area (Å²) in [6.07, 6.45) is 2.04. The van der Waals surface area contributed by atoms with Gasteiger partial charge >= 0.3 is 0 Å². The Hall–Kier alpha value is -2.54. The van der Waals surface area contributed by atoms with Crippen molar-refractivity contribution in [2.45, 2.75) is 6.92 Å². The fraction of sp³-hybridized carbons (Fsp3) is 0.0556. The molecule has 25 heavy (non-hydrogen) atoms.